The van der Waals surface area contributed by atoms with Crippen molar-refractivity contribution in [2.24, 2.45) is 5.92 Å². The van der Waals surface area contributed by atoms with Gasteiger partial charge in [-0.05, 0) is 49.5 Å². The Morgan fingerprint density at radius 1 is 1.38 bits per heavy atom. The fourth-order valence-corrected chi connectivity index (χ4v) is 2.95. The van der Waals surface area contributed by atoms with E-state index in [1.807, 2.05) is 17.0 Å². The summed E-state index contributed by atoms with van der Waals surface area (Å²) < 4.78 is 10.6. The maximum atomic E-state index is 12.8. The van der Waals surface area contributed by atoms with Gasteiger partial charge < -0.3 is 14.4 Å². The zero-order chi connectivity index (χ0) is 19.1. The molecule has 26 heavy (non-hydrogen) atoms. The molecule has 1 aliphatic carbocycles. The molecule has 2 rings (SSSR count). The monoisotopic (exact) mass is 356 g/mol. The number of hydrogen-bond acceptors (Lipinski definition) is 4. The Morgan fingerprint density at radius 3 is 2.69 bits per heavy atom. The maximum absolute atomic E-state index is 12.8. The lowest BCUT2D eigenvalue weighted by Gasteiger charge is -2.32. The van der Waals surface area contributed by atoms with Crippen molar-refractivity contribution in [1.29, 1.82) is 5.26 Å². The summed E-state index contributed by atoms with van der Waals surface area (Å²) in [5.41, 5.74) is 0.853. The molecule has 0 saturated heterocycles. The highest BCUT2D eigenvalue weighted by molar-refractivity contribution is 5.92. The van der Waals surface area contributed by atoms with E-state index in [1.54, 1.807) is 31.4 Å². The molecular weight excluding hydrogens is 328 g/mol. The van der Waals surface area contributed by atoms with E-state index in [4.69, 9.17) is 14.7 Å². The van der Waals surface area contributed by atoms with E-state index in [0.29, 0.717) is 23.5 Å². The van der Waals surface area contributed by atoms with E-state index in [2.05, 4.69) is 20.8 Å². The van der Waals surface area contributed by atoms with E-state index in [0.717, 1.165) is 24.8 Å². The van der Waals surface area contributed by atoms with Crippen LogP contribution in [0.2, 0.25) is 0 Å². The summed E-state index contributed by atoms with van der Waals surface area (Å²) in [4.78, 5) is 14.8. The van der Waals surface area contributed by atoms with Crippen LogP contribution >= 0.6 is 0 Å². The number of amides is 1. The smallest absolute Gasteiger partial charge is 0.247 e. The Hall–Kier alpha value is -2.48. The molecule has 0 radical (unpaired) electrons. The third kappa shape index (κ3) is 5.01. The van der Waals surface area contributed by atoms with Gasteiger partial charge in [-0.1, -0.05) is 26.3 Å². The number of methoxy groups -OCH3 is 1. The molecule has 0 bridgehead atoms. The van der Waals surface area contributed by atoms with Gasteiger partial charge >= 0.3 is 0 Å². The van der Waals surface area contributed by atoms with E-state index in [-0.39, 0.29) is 18.6 Å². The van der Waals surface area contributed by atoms with Crippen LogP contribution in [-0.4, -0.2) is 36.6 Å². The zero-order valence-corrected chi connectivity index (χ0v) is 16.1. The SMILES string of the molecule is CCC(C)C(C)N(C(=O)/C=C/c1ccc(OCC#N)c(OC)c1)C1CC1. The predicted octanol–water partition coefficient (Wildman–Crippen LogP) is 4.04. The summed E-state index contributed by atoms with van der Waals surface area (Å²) in [6, 6.07) is 7.95. The zero-order valence-electron chi connectivity index (χ0n) is 16.1. The number of nitrogens with zero attached hydrogens (tertiary/aromatic N) is 2. The second-order valence-electron chi connectivity index (χ2n) is 6.79. The van der Waals surface area contributed by atoms with Crippen LogP contribution in [0.1, 0.15) is 45.6 Å². The van der Waals surface area contributed by atoms with E-state index >= 15 is 0 Å². The average Bonchev–Trinajstić information content (AvgIpc) is 3.49. The minimum atomic E-state index is -0.0338. The quantitative estimate of drug-likeness (QED) is 0.627. The second-order valence-corrected chi connectivity index (χ2v) is 6.79. The van der Waals surface area contributed by atoms with Gasteiger partial charge in [0.05, 0.1) is 7.11 Å². The molecule has 2 atom stereocenters. The Kier molecular flexibility index (Phi) is 7.08. The number of nitriles is 1. The van der Waals surface area contributed by atoms with Gasteiger partial charge in [0.2, 0.25) is 5.91 Å². The molecule has 1 fully saturated rings. The Bertz CT molecular complexity index is 689. The van der Waals surface area contributed by atoms with Crippen molar-refractivity contribution in [3.8, 4) is 17.6 Å². The topological polar surface area (TPSA) is 62.6 Å². The van der Waals surface area contributed by atoms with Gasteiger partial charge in [0, 0.05) is 18.2 Å². The van der Waals surface area contributed by atoms with Crippen LogP contribution in [0.4, 0.5) is 0 Å². The first kappa shape index (κ1) is 19.8. The highest BCUT2D eigenvalue weighted by Crippen LogP contribution is 2.32. The Labute approximate surface area is 156 Å². The number of carbonyl (C=O) groups excluding carboxylic acids is 1. The normalized spacial score (nSPS) is 16.0. The van der Waals surface area contributed by atoms with Crippen molar-refractivity contribution in [3.05, 3.63) is 29.8 Å². The van der Waals surface area contributed by atoms with E-state index in [1.165, 1.54) is 0 Å². The molecule has 2 unspecified atom stereocenters. The van der Waals surface area contributed by atoms with Crippen molar-refractivity contribution >= 4 is 12.0 Å². The van der Waals surface area contributed by atoms with Gasteiger partial charge in [-0.2, -0.15) is 5.26 Å². The molecule has 0 N–H and O–H groups in total. The van der Waals surface area contributed by atoms with Gasteiger partial charge in [-0.15, -0.1) is 0 Å². The number of rotatable bonds is 9. The fourth-order valence-electron chi connectivity index (χ4n) is 2.95. The lowest BCUT2D eigenvalue weighted by Crippen LogP contribution is -2.42. The van der Waals surface area contributed by atoms with Crippen molar-refractivity contribution in [1.82, 2.24) is 4.90 Å². The first-order chi connectivity index (χ1) is 12.5. The molecule has 5 heteroatoms. The van der Waals surface area contributed by atoms with Crippen LogP contribution in [0.15, 0.2) is 24.3 Å². The molecule has 140 valence electrons. The molecule has 0 heterocycles. The number of benzene rings is 1. The highest BCUT2D eigenvalue weighted by atomic mass is 16.5. The fraction of sp³-hybridized carbons (Fsp3) is 0.524. The third-order valence-electron chi connectivity index (χ3n) is 5.00. The lowest BCUT2D eigenvalue weighted by atomic mass is 9.99. The Morgan fingerprint density at radius 2 is 2.12 bits per heavy atom. The summed E-state index contributed by atoms with van der Waals surface area (Å²) in [5.74, 6) is 1.60. The molecular formula is C21H28N2O3. The van der Waals surface area contributed by atoms with Gasteiger partial charge in [-0.3, -0.25) is 4.79 Å². The van der Waals surface area contributed by atoms with Crippen molar-refractivity contribution in [2.45, 2.75) is 52.1 Å². The third-order valence-corrected chi connectivity index (χ3v) is 5.00. The molecule has 1 amide bonds. The molecule has 1 aromatic rings. The summed E-state index contributed by atoms with van der Waals surface area (Å²) in [7, 11) is 1.55. The molecule has 0 aromatic heterocycles. The molecule has 0 aliphatic heterocycles. The van der Waals surface area contributed by atoms with E-state index in [9.17, 15) is 4.79 Å². The molecule has 1 aromatic carbocycles. The molecule has 5 nitrogen and oxygen atoms in total. The van der Waals surface area contributed by atoms with Crippen LogP contribution < -0.4 is 9.47 Å². The minimum Gasteiger partial charge on any atom is -0.493 e. The van der Waals surface area contributed by atoms with Crippen molar-refractivity contribution in [3.63, 3.8) is 0 Å². The first-order valence-electron chi connectivity index (χ1n) is 9.20. The first-order valence-corrected chi connectivity index (χ1v) is 9.20. The average molecular weight is 356 g/mol. The van der Waals surface area contributed by atoms with Crippen molar-refractivity contribution < 1.29 is 14.3 Å². The summed E-state index contributed by atoms with van der Waals surface area (Å²) in [5, 5.41) is 8.63. The standard InChI is InChI=1S/C21H28N2O3/c1-5-15(2)16(3)23(18-8-9-18)21(24)11-7-17-6-10-19(26-13-12-22)20(14-17)25-4/h6-7,10-11,14-16,18H,5,8-9,13H2,1-4H3/b11-7+. The highest BCUT2D eigenvalue weighted by Gasteiger charge is 2.36. The van der Waals surface area contributed by atoms with E-state index < -0.39 is 0 Å². The second kappa shape index (κ2) is 9.28. The van der Waals surface area contributed by atoms with Crippen LogP contribution in [-0.2, 0) is 4.79 Å². The number of hydrogen-bond donors (Lipinski definition) is 0. The maximum Gasteiger partial charge on any atom is 0.247 e. The largest absolute Gasteiger partial charge is 0.493 e. The number of carbonyl (C=O) groups is 1. The number of ether oxygens (including phenoxy) is 2. The van der Waals surface area contributed by atoms with Crippen LogP contribution in [0.3, 0.4) is 0 Å². The molecule has 1 saturated carbocycles. The van der Waals surface area contributed by atoms with Gasteiger partial charge in [-0.25, -0.2) is 0 Å². The summed E-state index contributed by atoms with van der Waals surface area (Å²) in [6.45, 7) is 6.47. The van der Waals surface area contributed by atoms with Crippen LogP contribution in [0.5, 0.6) is 11.5 Å². The lowest BCUT2D eigenvalue weighted by molar-refractivity contribution is -0.129. The molecule has 1 aliphatic rings. The van der Waals surface area contributed by atoms with Crippen molar-refractivity contribution in [2.75, 3.05) is 13.7 Å². The Balaban J connectivity index is 2.12. The minimum absolute atomic E-state index is 0.0338. The molecule has 0 spiro atoms. The predicted molar refractivity (Wildman–Crippen MR) is 102 cm³/mol. The van der Waals surface area contributed by atoms with Gasteiger partial charge in [0.1, 0.15) is 6.07 Å². The summed E-state index contributed by atoms with van der Waals surface area (Å²) >= 11 is 0. The van der Waals surface area contributed by atoms with Gasteiger partial charge in [0.25, 0.3) is 0 Å². The summed E-state index contributed by atoms with van der Waals surface area (Å²) in [6.07, 6.45) is 6.69. The van der Waals surface area contributed by atoms with Crippen LogP contribution in [0.25, 0.3) is 6.08 Å². The van der Waals surface area contributed by atoms with Crippen LogP contribution in [0, 0.1) is 17.2 Å². The van der Waals surface area contributed by atoms with Gasteiger partial charge in [0.15, 0.2) is 18.1 Å².